The number of thioether (sulfide) groups is 1. The molecule has 30 heavy (non-hydrogen) atoms. The maximum atomic E-state index is 12.7. The van der Waals surface area contributed by atoms with Crippen LogP contribution in [0.4, 0.5) is 5.13 Å². The Kier molecular flexibility index (Phi) is 5.58. The van der Waals surface area contributed by atoms with Crippen LogP contribution in [0.1, 0.15) is 16.8 Å². The van der Waals surface area contributed by atoms with Crippen molar-refractivity contribution in [1.82, 2.24) is 20.4 Å². The zero-order valence-corrected chi connectivity index (χ0v) is 17.8. The number of anilines is 1. The number of carbonyl (C=O) groups is 4. The number of carbonyl (C=O) groups excluding carboxylic acids is 3. The van der Waals surface area contributed by atoms with E-state index in [1.807, 2.05) is 17.5 Å². The van der Waals surface area contributed by atoms with Gasteiger partial charge in [-0.1, -0.05) is 17.4 Å². The number of aliphatic carboxylic acids is 1. The Morgan fingerprint density at radius 1 is 1.30 bits per heavy atom. The molecule has 2 aromatic heterocycles. The van der Waals surface area contributed by atoms with Crippen molar-refractivity contribution in [3.63, 3.8) is 0 Å². The first-order chi connectivity index (χ1) is 14.3. The van der Waals surface area contributed by atoms with Crippen molar-refractivity contribution in [3.05, 3.63) is 32.8 Å². The van der Waals surface area contributed by atoms with Gasteiger partial charge in [0.1, 0.15) is 16.4 Å². The number of amides is 3. The monoisotopic (exact) mass is 465 g/mol. The summed E-state index contributed by atoms with van der Waals surface area (Å²) >= 11 is 3.72. The zero-order valence-electron chi connectivity index (χ0n) is 15.4. The summed E-state index contributed by atoms with van der Waals surface area (Å²) < 4.78 is 0. The lowest BCUT2D eigenvalue weighted by atomic mass is 9.98. The van der Waals surface area contributed by atoms with Crippen LogP contribution in [0, 0.1) is 0 Å². The summed E-state index contributed by atoms with van der Waals surface area (Å²) in [6.07, 6.45) is 0.166. The normalized spacial score (nSPS) is 22.6. The largest absolute Gasteiger partial charge is 0.479 e. The average molecular weight is 466 g/mol. The minimum Gasteiger partial charge on any atom is -0.479 e. The molecule has 0 radical (unpaired) electrons. The molecule has 0 bridgehead atoms. The predicted octanol–water partition coefficient (Wildman–Crippen LogP) is 0.995. The van der Waals surface area contributed by atoms with Gasteiger partial charge in [0.15, 0.2) is 6.04 Å². The quantitative estimate of drug-likeness (QED) is 0.537. The van der Waals surface area contributed by atoms with E-state index in [9.17, 15) is 24.3 Å². The van der Waals surface area contributed by atoms with Gasteiger partial charge in [0, 0.05) is 17.4 Å². The Hall–Kier alpha value is -2.77. The molecule has 2 aliphatic heterocycles. The molecule has 2 aromatic rings. The van der Waals surface area contributed by atoms with Gasteiger partial charge in [-0.25, -0.2) is 4.79 Å². The van der Waals surface area contributed by atoms with Crippen LogP contribution in [-0.2, 0) is 25.6 Å². The number of fused-ring (bicyclic) bond motifs is 1. The van der Waals surface area contributed by atoms with Gasteiger partial charge in [0.05, 0.1) is 6.42 Å². The number of nitrogens with one attached hydrogen (secondary N) is 2. The summed E-state index contributed by atoms with van der Waals surface area (Å²) in [6.45, 7) is 1.33. The van der Waals surface area contributed by atoms with E-state index in [1.54, 1.807) is 5.41 Å². The Labute approximate surface area is 182 Å². The van der Waals surface area contributed by atoms with Gasteiger partial charge >= 0.3 is 5.97 Å². The third-order valence-corrected chi connectivity index (χ3v) is 7.34. The minimum atomic E-state index is -1.24. The zero-order chi connectivity index (χ0) is 21.4. The van der Waals surface area contributed by atoms with E-state index in [-0.39, 0.29) is 23.4 Å². The van der Waals surface area contributed by atoms with Crippen molar-refractivity contribution < 1.29 is 24.3 Å². The van der Waals surface area contributed by atoms with Crippen molar-refractivity contribution in [2.75, 3.05) is 5.32 Å². The summed E-state index contributed by atoms with van der Waals surface area (Å²) in [7, 11) is 0. The van der Waals surface area contributed by atoms with E-state index >= 15 is 0 Å². The highest BCUT2D eigenvalue weighted by Gasteiger charge is 2.56. The minimum absolute atomic E-state index is 0.166. The van der Waals surface area contributed by atoms with Crippen LogP contribution in [0.25, 0.3) is 5.57 Å². The fourth-order valence-electron chi connectivity index (χ4n) is 3.15. The number of rotatable bonds is 6. The highest BCUT2D eigenvalue weighted by atomic mass is 32.2. The molecular weight excluding hydrogens is 450 g/mol. The fraction of sp³-hybridized carbons (Fsp3) is 0.294. The molecule has 3 amide bonds. The lowest BCUT2D eigenvalue weighted by Gasteiger charge is -2.51. The molecule has 0 spiro atoms. The molecule has 1 saturated heterocycles. The highest BCUT2D eigenvalue weighted by molar-refractivity contribution is 8.03. The number of hydrogen-bond donors (Lipinski definition) is 3. The number of aromatic nitrogens is 2. The standard InChI is InChI=1S/C17H15N5O5S3/c1-7(23)18-17-21-20-13(30-17)9-6-29-15-11(14(25)22(15)12(9)16(26)27)19-10(24)5-8-3-2-4-28-8/h2-4,6,11-12,15H,5H2,1H3,(H,19,24)(H,26,27)(H,18,21,23)/t11?,12?,15-/m0/s1. The first kappa shape index (κ1) is 20.5. The second-order valence-electron chi connectivity index (χ2n) is 6.48. The van der Waals surface area contributed by atoms with Crippen molar-refractivity contribution in [1.29, 1.82) is 0 Å². The molecule has 13 heteroatoms. The Morgan fingerprint density at radius 3 is 2.77 bits per heavy atom. The van der Waals surface area contributed by atoms with Crippen LogP contribution in [0.15, 0.2) is 22.9 Å². The third kappa shape index (κ3) is 3.82. The summed E-state index contributed by atoms with van der Waals surface area (Å²) in [5.41, 5.74) is 0.314. The van der Waals surface area contributed by atoms with Crippen LogP contribution in [0.2, 0.25) is 0 Å². The number of β-lactam (4-membered cyclic amide) rings is 1. The van der Waals surface area contributed by atoms with E-state index in [1.165, 1.54) is 34.9 Å². The summed E-state index contributed by atoms with van der Waals surface area (Å²) in [6, 6.07) is 1.65. The average Bonchev–Trinajstić information content (AvgIpc) is 3.36. The molecule has 3 atom stereocenters. The second-order valence-corrected chi connectivity index (χ2v) is 9.48. The van der Waals surface area contributed by atoms with Crippen molar-refractivity contribution in [2.45, 2.75) is 30.8 Å². The lowest BCUT2D eigenvalue weighted by Crippen LogP contribution is -2.73. The Bertz CT molecular complexity index is 1050. The second kappa shape index (κ2) is 8.16. The number of hydrogen-bond acceptors (Lipinski definition) is 9. The molecule has 3 N–H and O–H groups in total. The van der Waals surface area contributed by atoms with E-state index in [0.29, 0.717) is 10.6 Å². The molecular formula is C17H15N5O5S3. The van der Waals surface area contributed by atoms with Gasteiger partial charge in [0.2, 0.25) is 22.9 Å². The van der Waals surface area contributed by atoms with Gasteiger partial charge in [-0.2, -0.15) is 0 Å². The molecule has 4 heterocycles. The predicted molar refractivity (Wildman–Crippen MR) is 112 cm³/mol. The highest BCUT2D eigenvalue weighted by Crippen LogP contribution is 2.44. The molecule has 4 rings (SSSR count). The molecule has 10 nitrogen and oxygen atoms in total. The molecule has 0 aromatic carbocycles. The van der Waals surface area contributed by atoms with Crippen LogP contribution in [-0.4, -0.2) is 61.4 Å². The van der Waals surface area contributed by atoms with E-state index in [4.69, 9.17) is 0 Å². The van der Waals surface area contributed by atoms with Crippen molar-refractivity contribution in [3.8, 4) is 0 Å². The number of carboxylic acid groups (broad SMARTS) is 1. The maximum Gasteiger partial charge on any atom is 0.331 e. The third-order valence-electron chi connectivity index (χ3n) is 4.41. The maximum absolute atomic E-state index is 12.7. The smallest absolute Gasteiger partial charge is 0.331 e. The van der Waals surface area contributed by atoms with Crippen LogP contribution >= 0.6 is 34.4 Å². The van der Waals surface area contributed by atoms with Gasteiger partial charge in [-0.15, -0.1) is 33.3 Å². The number of thiophene rings is 1. The fourth-order valence-corrected chi connectivity index (χ4v) is 5.98. The van der Waals surface area contributed by atoms with E-state index < -0.39 is 29.3 Å². The molecule has 156 valence electrons. The van der Waals surface area contributed by atoms with Crippen LogP contribution in [0.3, 0.4) is 0 Å². The van der Waals surface area contributed by atoms with Crippen molar-refractivity contribution in [2.24, 2.45) is 0 Å². The lowest BCUT2D eigenvalue weighted by molar-refractivity contribution is -0.158. The molecule has 2 aliphatic rings. The van der Waals surface area contributed by atoms with Gasteiger partial charge < -0.3 is 20.6 Å². The summed E-state index contributed by atoms with van der Waals surface area (Å²) in [4.78, 5) is 50.2. The first-order valence-corrected chi connectivity index (χ1v) is 11.3. The Morgan fingerprint density at radius 2 is 2.10 bits per heavy atom. The molecule has 0 saturated carbocycles. The first-order valence-electron chi connectivity index (χ1n) is 8.69. The number of nitrogens with zero attached hydrogens (tertiary/aromatic N) is 3. The van der Waals surface area contributed by atoms with E-state index in [0.717, 1.165) is 16.2 Å². The Balaban J connectivity index is 1.51. The summed E-state index contributed by atoms with van der Waals surface area (Å²) in [5, 5.41) is 26.3. The van der Waals surface area contributed by atoms with Gasteiger partial charge in [-0.05, 0) is 16.9 Å². The van der Waals surface area contributed by atoms with Crippen molar-refractivity contribution >= 4 is 68.8 Å². The summed E-state index contributed by atoms with van der Waals surface area (Å²) in [5.74, 6) is -2.28. The topological polar surface area (TPSA) is 142 Å². The van der Waals surface area contributed by atoms with Crippen LogP contribution in [0.5, 0.6) is 0 Å². The van der Waals surface area contributed by atoms with Gasteiger partial charge in [0.25, 0.3) is 0 Å². The van der Waals surface area contributed by atoms with E-state index in [2.05, 4.69) is 20.8 Å². The van der Waals surface area contributed by atoms with Crippen LogP contribution < -0.4 is 10.6 Å². The number of carboxylic acids is 1. The molecule has 0 aliphatic carbocycles. The van der Waals surface area contributed by atoms with Gasteiger partial charge in [-0.3, -0.25) is 14.4 Å². The molecule has 1 fully saturated rings. The molecule has 2 unspecified atom stereocenters. The SMILES string of the molecule is CC(=O)Nc1nnc(C2=CS[C@H]3C(NC(=O)Cc4cccs4)C(=O)N3C2C(=O)O)s1.